The fourth-order valence-electron chi connectivity index (χ4n) is 4.39. The second kappa shape index (κ2) is 9.10. The number of benzene rings is 1. The molecule has 0 saturated heterocycles. The summed E-state index contributed by atoms with van der Waals surface area (Å²) in [6, 6.07) is 7.79. The third-order valence-corrected chi connectivity index (χ3v) is 5.76. The Morgan fingerprint density at radius 1 is 1.17 bits per heavy atom. The lowest BCUT2D eigenvalue weighted by Gasteiger charge is -2.15. The average molecular weight is 316 g/mol. The number of hydrogen-bond donors (Lipinski definition) is 0. The summed E-state index contributed by atoms with van der Waals surface area (Å²) in [5, 5.41) is 0. The molecule has 0 aliphatic heterocycles. The van der Waals surface area contributed by atoms with Gasteiger partial charge in [0.25, 0.3) is 6.47 Å². The summed E-state index contributed by atoms with van der Waals surface area (Å²) in [6.07, 6.45) is 9.78. The minimum Gasteiger partial charge on any atom is -0.429 e. The van der Waals surface area contributed by atoms with E-state index in [4.69, 9.17) is 4.74 Å². The van der Waals surface area contributed by atoms with E-state index in [2.05, 4.69) is 20.8 Å². The molecule has 2 bridgehead atoms. The minimum atomic E-state index is 0.457. The SMILES string of the molecule is CC1CC2CCC1C2.CCCC(CC)c1ccc(OC=O)cc1. The molecule has 128 valence electrons. The van der Waals surface area contributed by atoms with Crippen molar-refractivity contribution in [2.75, 3.05) is 0 Å². The lowest BCUT2D eigenvalue weighted by molar-refractivity contribution is -0.120. The molecular weight excluding hydrogens is 284 g/mol. The maximum atomic E-state index is 10.1. The summed E-state index contributed by atoms with van der Waals surface area (Å²) >= 11 is 0. The van der Waals surface area contributed by atoms with E-state index in [-0.39, 0.29) is 0 Å². The van der Waals surface area contributed by atoms with Gasteiger partial charge in [0, 0.05) is 0 Å². The second-order valence-electron chi connectivity index (χ2n) is 7.33. The van der Waals surface area contributed by atoms with E-state index in [1.54, 1.807) is 25.7 Å². The smallest absolute Gasteiger partial charge is 0.298 e. The van der Waals surface area contributed by atoms with Crippen LogP contribution in [0.4, 0.5) is 0 Å². The Morgan fingerprint density at radius 2 is 1.91 bits per heavy atom. The molecule has 1 aromatic carbocycles. The summed E-state index contributed by atoms with van der Waals surface area (Å²) in [5.41, 5.74) is 1.33. The Morgan fingerprint density at radius 3 is 2.30 bits per heavy atom. The quantitative estimate of drug-likeness (QED) is 0.605. The van der Waals surface area contributed by atoms with Crippen molar-refractivity contribution in [2.24, 2.45) is 17.8 Å². The largest absolute Gasteiger partial charge is 0.429 e. The number of rotatable bonds is 6. The molecule has 2 fully saturated rings. The minimum absolute atomic E-state index is 0.457. The van der Waals surface area contributed by atoms with Crippen LogP contribution in [-0.2, 0) is 4.79 Å². The Balaban J connectivity index is 0.000000198. The van der Waals surface area contributed by atoms with Gasteiger partial charge in [-0.2, -0.15) is 0 Å². The molecule has 0 heterocycles. The molecule has 2 nitrogen and oxygen atoms in total. The molecule has 0 spiro atoms. The molecule has 0 N–H and O–H groups in total. The fourth-order valence-corrected chi connectivity index (χ4v) is 4.39. The average Bonchev–Trinajstić information content (AvgIpc) is 3.16. The lowest BCUT2D eigenvalue weighted by atomic mass is 9.91. The van der Waals surface area contributed by atoms with Crippen LogP contribution in [0.25, 0.3) is 0 Å². The van der Waals surface area contributed by atoms with Crippen LogP contribution in [0.3, 0.4) is 0 Å². The molecular formula is C21H32O2. The number of ether oxygens (including phenoxy) is 1. The van der Waals surface area contributed by atoms with E-state index >= 15 is 0 Å². The number of carbonyl (C=O) groups is 1. The van der Waals surface area contributed by atoms with Gasteiger partial charge in [-0.05, 0) is 73.5 Å². The third kappa shape index (κ3) is 5.09. The van der Waals surface area contributed by atoms with Crippen LogP contribution < -0.4 is 4.74 Å². The number of hydrogen-bond acceptors (Lipinski definition) is 2. The molecule has 4 unspecified atom stereocenters. The summed E-state index contributed by atoms with van der Waals surface area (Å²) in [5.74, 6) is 4.60. The van der Waals surface area contributed by atoms with Crippen molar-refractivity contribution >= 4 is 6.47 Å². The van der Waals surface area contributed by atoms with Crippen molar-refractivity contribution in [3.8, 4) is 5.75 Å². The second-order valence-corrected chi connectivity index (χ2v) is 7.33. The van der Waals surface area contributed by atoms with Crippen molar-refractivity contribution in [3.05, 3.63) is 29.8 Å². The summed E-state index contributed by atoms with van der Waals surface area (Å²) in [6.45, 7) is 7.28. The first kappa shape index (κ1) is 18.0. The molecule has 3 rings (SSSR count). The van der Waals surface area contributed by atoms with E-state index in [0.29, 0.717) is 18.1 Å². The van der Waals surface area contributed by atoms with Gasteiger partial charge < -0.3 is 4.74 Å². The fraction of sp³-hybridized carbons (Fsp3) is 0.667. The zero-order chi connectivity index (χ0) is 16.7. The highest BCUT2D eigenvalue weighted by atomic mass is 16.5. The summed E-state index contributed by atoms with van der Waals surface area (Å²) in [4.78, 5) is 10.1. The van der Waals surface area contributed by atoms with Gasteiger partial charge in [0.2, 0.25) is 0 Å². The predicted octanol–water partition coefficient (Wildman–Crippen LogP) is 5.96. The topological polar surface area (TPSA) is 26.3 Å². The molecule has 0 aromatic heterocycles. The van der Waals surface area contributed by atoms with E-state index in [0.717, 1.165) is 24.2 Å². The molecule has 2 aliphatic carbocycles. The molecule has 2 aliphatic rings. The van der Waals surface area contributed by atoms with E-state index < -0.39 is 0 Å². The van der Waals surface area contributed by atoms with E-state index in [1.807, 2.05) is 24.3 Å². The van der Waals surface area contributed by atoms with Gasteiger partial charge in [-0.3, -0.25) is 4.79 Å². The lowest BCUT2D eigenvalue weighted by Crippen LogP contribution is -2.04. The summed E-state index contributed by atoms with van der Waals surface area (Å²) in [7, 11) is 0. The number of carbonyl (C=O) groups excluding carboxylic acids is 1. The maximum Gasteiger partial charge on any atom is 0.298 e. The van der Waals surface area contributed by atoms with Gasteiger partial charge in [0.05, 0.1) is 0 Å². The van der Waals surface area contributed by atoms with E-state index in [9.17, 15) is 4.79 Å². The van der Waals surface area contributed by atoms with Crippen LogP contribution in [0, 0.1) is 17.8 Å². The Bertz CT molecular complexity index is 463. The molecule has 2 heteroatoms. The normalized spacial score (nSPS) is 26.3. The van der Waals surface area contributed by atoms with Gasteiger partial charge in [0.1, 0.15) is 5.75 Å². The van der Waals surface area contributed by atoms with Crippen molar-refractivity contribution in [2.45, 2.75) is 71.6 Å². The predicted molar refractivity (Wildman–Crippen MR) is 95.7 cm³/mol. The van der Waals surface area contributed by atoms with Crippen LogP contribution in [0.2, 0.25) is 0 Å². The Labute approximate surface area is 141 Å². The van der Waals surface area contributed by atoms with Crippen molar-refractivity contribution in [3.63, 3.8) is 0 Å². The first-order valence-electron chi connectivity index (χ1n) is 9.38. The van der Waals surface area contributed by atoms with Crippen LogP contribution >= 0.6 is 0 Å². The zero-order valence-electron chi connectivity index (χ0n) is 15.0. The molecule has 23 heavy (non-hydrogen) atoms. The Hall–Kier alpha value is -1.31. The van der Waals surface area contributed by atoms with Crippen LogP contribution in [0.1, 0.15) is 77.2 Å². The van der Waals surface area contributed by atoms with Crippen molar-refractivity contribution in [1.82, 2.24) is 0 Å². The maximum absolute atomic E-state index is 10.1. The summed E-state index contributed by atoms with van der Waals surface area (Å²) < 4.78 is 4.75. The first-order valence-corrected chi connectivity index (χ1v) is 9.38. The number of fused-ring (bicyclic) bond motifs is 2. The van der Waals surface area contributed by atoms with E-state index in [1.165, 1.54) is 18.4 Å². The van der Waals surface area contributed by atoms with Gasteiger partial charge in [-0.25, -0.2) is 0 Å². The molecule has 1 aromatic rings. The highest BCUT2D eigenvalue weighted by Crippen LogP contribution is 2.47. The highest BCUT2D eigenvalue weighted by molar-refractivity contribution is 5.45. The van der Waals surface area contributed by atoms with Crippen LogP contribution in [0.15, 0.2) is 24.3 Å². The first-order chi connectivity index (χ1) is 11.2. The Kier molecular flexibility index (Phi) is 7.14. The van der Waals surface area contributed by atoms with Crippen LogP contribution in [-0.4, -0.2) is 6.47 Å². The molecule has 4 atom stereocenters. The van der Waals surface area contributed by atoms with Crippen molar-refractivity contribution < 1.29 is 9.53 Å². The van der Waals surface area contributed by atoms with Gasteiger partial charge in [0.15, 0.2) is 0 Å². The van der Waals surface area contributed by atoms with Gasteiger partial charge in [-0.15, -0.1) is 0 Å². The highest BCUT2D eigenvalue weighted by Gasteiger charge is 2.36. The molecule has 0 radical (unpaired) electrons. The van der Waals surface area contributed by atoms with Gasteiger partial charge >= 0.3 is 0 Å². The van der Waals surface area contributed by atoms with Crippen molar-refractivity contribution in [1.29, 1.82) is 0 Å². The standard InChI is InChI=1S/C13H18O2.C8H14/c1-3-5-11(4-2)12-6-8-13(9-7-12)15-10-14;1-6-4-7-2-3-8(6)5-7/h6-11H,3-5H2,1-2H3;6-8H,2-5H2,1H3. The monoisotopic (exact) mass is 316 g/mol. The third-order valence-electron chi connectivity index (χ3n) is 5.76. The van der Waals surface area contributed by atoms with Gasteiger partial charge in [-0.1, -0.05) is 45.7 Å². The van der Waals surface area contributed by atoms with Crippen LogP contribution in [0.5, 0.6) is 5.75 Å². The molecule has 0 amide bonds. The molecule has 2 saturated carbocycles. The zero-order valence-corrected chi connectivity index (χ0v) is 15.0.